The van der Waals surface area contributed by atoms with Gasteiger partial charge in [0.1, 0.15) is 12.2 Å². The summed E-state index contributed by atoms with van der Waals surface area (Å²) in [5, 5.41) is 3.91. The Bertz CT molecular complexity index is 383. The largest absolute Gasteiger partial charge is 0.475 e. The fourth-order valence-corrected chi connectivity index (χ4v) is 2.17. The molecule has 0 amide bonds. The van der Waals surface area contributed by atoms with Crippen LogP contribution in [-0.4, -0.2) is 22.8 Å². The van der Waals surface area contributed by atoms with Crippen molar-refractivity contribution < 1.29 is 13.5 Å². The number of alkyl halides is 2. The lowest BCUT2D eigenvalue weighted by Crippen LogP contribution is -2.07. The molecule has 1 heterocycles. The highest BCUT2D eigenvalue weighted by molar-refractivity contribution is 5.45. The van der Waals surface area contributed by atoms with Crippen LogP contribution in [0.1, 0.15) is 58.3 Å². The number of hydrogen-bond donors (Lipinski definition) is 1. The molecule has 0 saturated heterocycles. The van der Waals surface area contributed by atoms with Crippen LogP contribution in [0.5, 0.6) is 5.88 Å². The van der Waals surface area contributed by atoms with E-state index in [0.29, 0.717) is 12.3 Å². The van der Waals surface area contributed by atoms with Crippen LogP contribution >= 0.6 is 0 Å². The van der Waals surface area contributed by atoms with E-state index in [4.69, 9.17) is 10.5 Å². The lowest BCUT2D eigenvalue weighted by atomic mass is 10.1. The fraction of sp³-hybridized carbons (Fsp3) is 0.800. The first kappa shape index (κ1) is 17.7. The van der Waals surface area contributed by atoms with Crippen LogP contribution < -0.4 is 10.5 Å². The lowest BCUT2D eigenvalue weighted by Gasteiger charge is -2.04. The van der Waals surface area contributed by atoms with Gasteiger partial charge < -0.3 is 10.5 Å². The van der Waals surface area contributed by atoms with Crippen molar-refractivity contribution in [1.29, 1.82) is 0 Å². The Kier molecular flexibility index (Phi) is 8.78. The van der Waals surface area contributed by atoms with Crippen molar-refractivity contribution in [1.82, 2.24) is 9.78 Å². The van der Waals surface area contributed by atoms with Crippen molar-refractivity contribution in [2.24, 2.45) is 0 Å². The predicted molar refractivity (Wildman–Crippen MR) is 80.7 cm³/mol. The maximum absolute atomic E-state index is 12.2. The van der Waals surface area contributed by atoms with Crippen LogP contribution in [-0.2, 0) is 6.54 Å². The minimum atomic E-state index is -2.44. The van der Waals surface area contributed by atoms with Crippen LogP contribution in [0.15, 0.2) is 6.20 Å². The molecule has 1 aromatic heterocycles. The van der Waals surface area contributed by atoms with E-state index in [1.54, 1.807) is 0 Å². The number of anilines is 1. The summed E-state index contributed by atoms with van der Waals surface area (Å²) in [5.74, 6) is 0.263. The van der Waals surface area contributed by atoms with Gasteiger partial charge in [-0.1, -0.05) is 51.9 Å². The van der Waals surface area contributed by atoms with E-state index in [1.807, 2.05) is 0 Å². The average molecular weight is 303 g/mol. The minimum absolute atomic E-state index is 0.263. The maximum Gasteiger partial charge on any atom is 0.257 e. The topological polar surface area (TPSA) is 53.1 Å². The maximum atomic E-state index is 12.2. The molecule has 0 aliphatic carbocycles. The van der Waals surface area contributed by atoms with Gasteiger partial charge in [0, 0.05) is 0 Å². The summed E-state index contributed by atoms with van der Waals surface area (Å²) < 4.78 is 31.0. The highest BCUT2D eigenvalue weighted by Gasteiger charge is 2.10. The number of ether oxygens (including phenoxy) is 1. The number of aromatic nitrogens is 2. The quantitative estimate of drug-likeness (QED) is 0.587. The van der Waals surface area contributed by atoms with Gasteiger partial charge in [0.05, 0.1) is 12.8 Å². The predicted octanol–water partition coefficient (Wildman–Crippen LogP) is 4.25. The molecular formula is C15H27F2N3O. The van der Waals surface area contributed by atoms with Crippen LogP contribution in [0.2, 0.25) is 0 Å². The summed E-state index contributed by atoms with van der Waals surface area (Å²) in [6.45, 7) is 2.29. The van der Waals surface area contributed by atoms with Gasteiger partial charge in [0.2, 0.25) is 0 Å². The molecule has 0 fully saturated rings. The second-order valence-corrected chi connectivity index (χ2v) is 5.33. The molecule has 2 N–H and O–H groups in total. The van der Waals surface area contributed by atoms with Crippen LogP contribution in [0.4, 0.5) is 14.5 Å². The first-order valence-electron chi connectivity index (χ1n) is 7.87. The van der Waals surface area contributed by atoms with Crippen LogP contribution in [0.3, 0.4) is 0 Å². The molecular weight excluding hydrogens is 276 g/mol. The van der Waals surface area contributed by atoms with Gasteiger partial charge in [-0.2, -0.15) is 0 Å². The number of rotatable bonds is 12. The number of hydrogen-bond acceptors (Lipinski definition) is 3. The first-order valence-corrected chi connectivity index (χ1v) is 7.87. The van der Waals surface area contributed by atoms with Crippen molar-refractivity contribution in [2.45, 2.75) is 71.3 Å². The molecule has 0 unspecified atom stereocenters. The molecule has 4 nitrogen and oxygen atoms in total. The van der Waals surface area contributed by atoms with E-state index in [2.05, 4.69) is 12.0 Å². The van der Waals surface area contributed by atoms with E-state index in [0.717, 1.165) is 17.5 Å². The van der Waals surface area contributed by atoms with Crippen molar-refractivity contribution in [3.8, 4) is 5.88 Å². The van der Waals surface area contributed by atoms with Crippen LogP contribution in [0.25, 0.3) is 0 Å². The Labute approximate surface area is 125 Å². The number of unbranched alkanes of at least 4 members (excludes halogenated alkanes) is 7. The van der Waals surface area contributed by atoms with Gasteiger partial charge in [-0.3, -0.25) is 4.68 Å². The highest BCUT2D eigenvalue weighted by Crippen LogP contribution is 2.19. The summed E-state index contributed by atoms with van der Waals surface area (Å²) in [7, 11) is 0. The molecule has 0 saturated carbocycles. The number of nitrogens with zero attached hydrogens (tertiary/aromatic N) is 2. The molecule has 0 aliphatic rings. The molecule has 0 atom stereocenters. The van der Waals surface area contributed by atoms with Crippen molar-refractivity contribution in [2.75, 3.05) is 12.3 Å². The number of halogens is 2. The third kappa shape index (κ3) is 7.87. The van der Waals surface area contributed by atoms with Gasteiger partial charge in [0.25, 0.3) is 12.3 Å². The molecule has 21 heavy (non-hydrogen) atoms. The Morgan fingerprint density at radius 3 is 2.38 bits per heavy atom. The first-order chi connectivity index (χ1) is 10.1. The minimum Gasteiger partial charge on any atom is -0.475 e. The highest BCUT2D eigenvalue weighted by atomic mass is 19.3. The van der Waals surface area contributed by atoms with Gasteiger partial charge in [0.15, 0.2) is 0 Å². The SMILES string of the molecule is CCCCCCCCCCOc1nn(CC(F)F)cc1N. The molecule has 6 heteroatoms. The van der Waals surface area contributed by atoms with Gasteiger partial charge in [-0.25, -0.2) is 8.78 Å². The van der Waals surface area contributed by atoms with E-state index in [-0.39, 0.29) is 5.88 Å². The Morgan fingerprint density at radius 2 is 1.76 bits per heavy atom. The van der Waals surface area contributed by atoms with E-state index >= 15 is 0 Å². The van der Waals surface area contributed by atoms with Gasteiger partial charge in [-0.15, -0.1) is 5.10 Å². The molecule has 1 aromatic rings. The average Bonchev–Trinajstić information content (AvgIpc) is 2.76. The summed E-state index contributed by atoms with van der Waals surface area (Å²) in [5.41, 5.74) is 5.99. The summed E-state index contributed by atoms with van der Waals surface area (Å²) in [6, 6.07) is 0. The second-order valence-electron chi connectivity index (χ2n) is 5.33. The zero-order valence-electron chi connectivity index (χ0n) is 12.9. The van der Waals surface area contributed by atoms with E-state index < -0.39 is 13.0 Å². The van der Waals surface area contributed by atoms with Gasteiger partial charge >= 0.3 is 0 Å². The Morgan fingerprint density at radius 1 is 1.14 bits per heavy atom. The third-order valence-electron chi connectivity index (χ3n) is 3.32. The van der Waals surface area contributed by atoms with E-state index in [9.17, 15) is 8.78 Å². The summed E-state index contributed by atoms with van der Waals surface area (Å²) in [4.78, 5) is 0. The molecule has 122 valence electrons. The summed E-state index contributed by atoms with van der Waals surface area (Å²) in [6.07, 6.45) is 8.70. The Balaban J connectivity index is 2.08. The molecule has 0 spiro atoms. The lowest BCUT2D eigenvalue weighted by molar-refractivity contribution is 0.121. The molecule has 1 rings (SSSR count). The zero-order valence-corrected chi connectivity index (χ0v) is 12.9. The van der Waals surface area contributed by atoms with Crippen LogP contribution in [0, 0.1) is 0 Å². The molecule has 0 aromatic carbocycles. The molecule has 0 radical (unpaired) electrons. The monoisotopic (exact) mass is 303 g/mol. The number of nitrogens with two attached hydrogens (primary N) is 1. The third-order valence-corrected chi connectivity index (χ3v) is 3.32. The van der Waals surface area contributed by atoms with Crippen molar-refractivity contribution >= 4 is 5.69 Å². The van der Waals surface area contributed by atoms with Gasteiger partial charge in [-0.05, 0) is 6.42 Å². The second kappa shape index (κ2) is 10.4. The zero-order chi connectivity index (χ0) is 15.5. The fourth-order valence-electron chi connectivity index (χ4n) is 2.17. The molecule has 0 aliphatic heterocycles. The normalized spacial score (nSPS) is 11.2. The Hall–Kier alpha value is -1.33. The van der Waals surface area contributed by atoms with Crippen molar-refractivity contribution in [3.63, 3.8) is 0 Å². The van der Waals surface area contributed by atoms with E-state index in [1.165, 1.54) is 44.7 Å². The van der Waals surface area contributed by atoms with Crippen molar-refractivity contribution in [3.05, 3.63) is 6.20 Å². The summed E-state index contributed by atoms with van der Waals surface area (Å²) >= 11 is 0. The number of nitrogen functional groups attached to an aromatic ring is 1. The molecule has 0 bridgehead atoms. The standard InChI is InChI=1S/C15H27F2N3O/c1-2-3-4-5-6-7-8-9-10-21-15-13(18)11-20(19-15)12-14(16)17/h11,14H,2-10,12,18H2,1H3. The smallest absolute Gasteiger partial charge is 0.257 e.